The first-order chi connectivity index (χ1) is 7.16. The van der Waals surface area contributed by atoms with E-state index in [4.69, 9.17) is 0 Å². The SMILES string of the molecule is O=C1NC(=O)/C(=C/c2ccccc2O)S1. The Morgan fingerprint density at radius 2 is 2.00 bits per heavy atom. The number of aromatic hydroxyl groups is 1. The lowest BCUT2D eigenvalue weighted by Gasteiger charge is -1.97. The normalized spacial score (nSPS) is 18.3. The van der Waals surface area contributed by atoms with Crippen LogP contribution in [0.3, 0.4) is 0 Å². The van der Waals surface area contributed by atoms with Crippen molar-refractivity contribution in [1.82, 2.24) is 5.32 Å². The number of phenolic OH excluding ortho intramolecular Hbond substituents is 1. The molecule has 1 heterocycles. The Labute approximate surface area is 90.0 Å². The van der Waals surface area contributed by atoms with E-state index in [2.05, 4.69) is 5.32 Å². The summed E-state index contributed by atoms with van der Waals surface area (Å²) in [5.41, 5.74) is 0.518. The molecule has 2 N–H and O–H groups in total. The van der Waals surface area contributed by atoms with Crippen LogP contribution in [0.25, 0.3) is 6.08 Å². The summed E-state index contributed by atoms with van der Waals surface area (Å²) in [6, 6.07) is 6.61. The first-order valence-electron chi connectivity index (χ1n) is 4.19. The molecule has 1 aromatic rings. The van der Waals surface area contributed by atoms with Crippen LogP contribution in [0.4, 0.5) is 4.79 Å². The Balaban J connectivity index is 2.35. The van der Waals surface area contributed by atoms with Gasteiger partial charge in [0.2, 0.25) is 0 Å². The summed E-state index contributed by atoms with van der Waals surface area (Å²) in [4.78, 5) is 22.4. The summed E-state index contributed by atoms with van der Waals surface area (Å²) < 4.78 is 0. The van der Waals surface area contributed by atoms with Crippen molar-refractivity contribution in [3.05, 3.63) is 34.7 Å². The lowest BCUT2D eigenvalue weighted by atomic mass is 10.2. The number of nitrogens with one attached hydrogen (secondary N) is 1. The number of phenols is 1. The molecule has 0 unspecified atom stereocenters. The molecule has 1 aliphatic rings. The molecule has 2 amide bonds. The predicted octanol–water partition coefficient (Wildman–Crippen LogP) is 1.72. The van der Waals surface area contributed by atoms with Crippen LogP contribution in [-0.2, 0) is 4.79 Å². The van der Waals surface area contributed by atoms with Gasteiger partial charge in [0.25, 0.3) is 11.1 Å². The third-order valence-corrected chi connectivity index (χ3v) is 2.68. The maximum Gasteiger partial charge on any atom is 0.290 e. The van der Waals surface area contributed by atoms with Crippen LogP contribution in [0.5, 0.6) is 5.75 Å². The quantitative estimate of drug-likeness (QED) is 0.708. The third kappa shape index (κ3) is 2.02. The Bertz CT molecular complexity index is 467. The molecule has 0 aromatic heterocycles. The number of hydrogen-bond acceptors (Lipinski definition) is 4. The van der Waals surface area contributed by atoms with Gasteiger partial charge in [-0.3, -0.25) is 14.9 Å². The minimum Gasteiger partial charge on any atom is -0.507 e. The van der Waals surface area contributed by atoms with E-state index >= 15 is 0 Å². The van der Waals surface area contributed by atoms with Gasteiger partial charge in [0, 0.05) is 5.56 Å². The Morgan fingerprint density at radius 1 is 1.27 bits per heavy atom. The number of benzene rings is 1. The van der Waals surface area contributed by atoms with Crippen LogP contribution in [0.15, 0.2) is 29.2 Å². The number of rotatable bonds is 1. The zero-order valence-corrected chi connectivity index (χ0v) is 8.38. The maximum atomic E-state index is 11.2. The molecule has 0 radical (unpaired) electrons. The average Bonchev–Trinajstić information content (AvgIpc) is 2.49. The summed E-state index contributed by atoms with van der Waals surface area (Å²) >= 11 is 0.828. The second kappa shape index (κ2) is 3.78. The molecule has 0 aliphatic carbocycles. The number of amides is 2. The van der Waals surface area contributed by atoms with E-state index in [0.717, 1.165) is 11.8 Å². The van der Waals surface area contributed by atoms with Crippen LogP contribution >= 0.6 is 11.8 Å². The van der Waals surface area contributed by atoms with Gasteiger partial charge >= 0.3 is 0 Å². The van der Waals surface area contributed by atoms with Crippen molar-refractivity contribution >= 4 is 29.0 Å². The van der Waals surface area contributed by atoms with E-state index < -0.39 is 5.91 Å². The largest absolute Gasteiger partial charge is 0.507 e. The maximum absolute atomic E-state index is 11.2. The number of hydrogen-bond donors (Lipinski definition) is 2. The summed E-state index contributed by atoms with van der Waals surface area (Å²) in [7, 11) is 0. The highest BCUT2D eigenvalue weighted by Gasteiger charge is 2.25. The van der Waals surface area contributed by atoms with E-state index in [9.17, 15) is 14.7 Å². The summed E-state index contributed by atoms with van der Waals surface area (Å²) in [6.45, 7) is 0. The molecular formula is C10H7NO3S. The van der Waals surface area contributed by atoms with Crippen molar-refractivity contribution in [1.29, 1.82) is 0 Å². The van der Waals surface area contributed by atoms with Crippen LogP contribution in [0.1, 0.15) is 5.56 Å². The van der Waals surface area contributed by atoms with Gasteiger partial charge in [-0.2, -0.15) is 0 Å². The fourth-order valence-electron chi connectivity index (χ4n) is 1.17. The van der Waals surface area contributed by atoms with E-state index in [1.165, 1.54) is 12.1 Å². The second-order valence-electron chi connectivity index (χ2n) is 2.91. The molecule has 1 aromatic carbocycles. The first-order valence-corrected chi connectivity index (χ1v) is 5.01. The molecule has 1 saturated heterocycles. The average molecular weight is 221 g/mol. The minimum atomic E-state index is -0.423. The van der Waals surface area contributed by atoms with E-state index in [1.807, 2.05) is 0 Å². The number of imide groups is 1. The van der Waals surface area contributed by atoms with E-state index in [1.54, 1.807) is 18.2 Å². The Kier molecular flexibility index (Phi) is 2.47. The van der Waals surface area contributed by atoms with Crippen molar-refractivity contribution in [3.8, 4) is 5.75 Å². The second-order valence-corrected chi connectivity index (χ2v) is 3.93. The number of carbonyl (C=O) groups excluding carboxylic acids is 2. The van der Waals surface area contributed by atoms with Crippen molar-refractivity contribution < 1.29 is 14.7 Å². The predicted molar refractivity (Wildman–Crippen MR) is 57.2 cm³/mol. The highest BCUT2D eigenvalue weighted by Crippen LogP contribution is 2.28. The van der Waals surface area contributed by atoms with Gasteiger partial charge < -0.3 is 5.11 Å². The van der Waals surface area contributed by atoms with Gasteiger partial charge in [0.05, 0.1) is 4.91 Å². The van der Waals surface area contributed by atoms with Crippen molar-refractivity contribution in [2.24, 2.45) is 0 Å². The van der Waals surface area contributed by atoms with Gasteiger partial charge in [0.15, 0.2) is 0 Å². The van der Waals surface area contributed by atoms with Crippen LogP contribution < -0.4 is 5.32 Å². The van der Waals surface area contributed by atoms with E-state index in [-0.39, 0.29) is 11.0 Å². The molecule has 5 heteroatoms. The zero-order chi connectivity index (χ0) is 10.8. The molecule has 0 spiro atoms. The smallest absolute Gasteiger partial charge is 0.290 e. The summed E-state index contributed by atoms with van der Waals surface area (Å²) in [5, 5.41) is 11.2. The van der Waals surface area contributed by atoms with E-state index in [0.29, 0.717) is 10.5 Å². The molecular weight excluding hydrogens is 214 g/mol. The number of carbonyl (C=O) groups is 2. The molecule has 1 fully saturated rings. The highest BCUT2D eigenvalue weighted by molar-refractivity contribution is 8.18. The minimum absolute atomic E-state index is 0.0812. The molecule has 1 aliphatic heterocycles. The van der Waals surface area contributed by atoms with Gasteiger partial charge in [-0.05, 0) is 23.9 Å². The van der Waals surface area contributed by atoms with Crippen LogP contribution in [0.2, 0.25) is 0 Å². The van der Waals surface area contributed by atoms with Gasteiger partial charge in [0.1, 0.15) is 5.75 Å². The van der Waals surface area contributed by atoms with Gasteiger partial charge in [-0.15, -0.1) is 0 Å². The first kappa shape index (κ1) is 9.79. The third-order valence-electron chi connectivity index (χ3n) is 1.87. The summed E-state index contributed by atoms with van der Waals surface area (Å²) in [6.07, 6.45) is 1.49. The van der Waals surface area contributed by atoms with Gasteiger partial charge in [-0.25, -0.2) is 0 Å². The van der Waals surface area contributed by atoms with Crippen molar-refractivity contribution in [2.75, 3.05) is 0 Å². The zero-order valence-electron chi connectivity index (χ0n) is 7.56. The molecule has 76 valence electrons. The lowest BCUT2D eigenvalue weighted by Crippen LogP contribution is -2.17. The van der Waals surface area contributed by atoms with Crippen molar-refractivity contribution in [3.63, 3.8) is 0 Å². The monoisotopic (exact) mass is 221 g/mol. The fourth-order valence-corrected chi connectivity index (χ4v) is 1.84. The molecule has 4 nitrogen and oxygen atoms in total. The molecule has 2 rings (SSSR count). The number of thioether (sulfide) groups is 1. The van der Waals surface area contributed by atoms with Crippen molar-refractivity contribution in [2.45, 2.75) is 0 Å². The molecule has 15 heavy (non-hydrogen) atoms. The lowest BCUT2D eigenvalue weighted by molar-refractivity contribution is -0.115. The standard InChI is InChI=1S/C10H7NO3S/c12-7-4-2-1-3-6(7)5-8-9(13)11-10(14)15-8/h1-5,12H,(H,11,13,14)/b8-5-. The summed E-state index contributed by atoms with van der Waals surface area (Å²) in [5.74, 6) is -0.342. The Morgan fingerprint density at radius 3 is 2.60 bits per heavy atom. The van der Waals surface area contributed by atoms with Gasteiger partial charge in [-0.1, -0.05) is 18.2 Å². The topological polar surface area (TPSA) is 66.4 Å². The fraction of sp³-hybridized carbons (Fsp3) is 0. The number of para-hydroxylation sites is 1. The highest BCUT2D eigenvalue weighted by atomic mass is 32.2. The molecule has 0 saturated carbocycles. The molecule has 0 bridgehead atoms. The Hall–Kier alpha value is -1.75. The molecule has 0 atom stereocenters. The van der Waals surface area contributed by atoms with Crippen LogP contribution in [-0.4, -0.2) is 16.3 Å². The van der Waals surface area contributed by atoms with Crippen LogP contribution in [0, 0.1) is 0 Å².